The van der Waals surface area contributed by atoms with Gasteiger partial charge in [-0.05, 0) is 87.5 Å². The van der Waals surface area contributed by atoms with E-state index >= 15 is 0 Å². The molecule has 51 heavy (non-hydrogen) atoms. The summed E-state index contributed by atoms with van der Waals surface area (Å²) in [6, 6.07) is 76.4. The number of fused-ring (bicyclic) bond motifs is 6. The Labute approximate surface area is 299 Å². The van der Waals surface area contributed by atoms with Crippen molar-refractivity contribution >= 4 is 45.6 Å². The van der Waals surface area contributed by atoms with Gasteiger partial charge in [-0.3, -0.25) is 0 Å². The molecule has 0 amide bonds. The smallest absolute Gasteiger partial charge is 0.0713 e. The highest BCUT2D eigenvalue weighted by Crippen LogP contribution is 2.56. The summed E-state index contributed by atoms with van der Waals surface area (Å²) in [5.74, 6) is 0. The van der Waals surface area contributed by atoms with Crippen LogP contribution in [-0.2, 0) is 5.41 Å². The van der Waals surface area contributed by atoms with E-state index in [0.717, 1.165) is 0 Å². The van der Waals surface area contributed by atoms with Crippen molar-refractivity contribution in [3.05, 3.63) is 229 Å². The molecule has 0 radical (unpaired) electrons. The highest BCUT2D eigenvalue weighted by Gasteiger charge is 2.46. The average molecular weight is 668 g/mol. The summed E-state index contributed by atoms with van der Waals surface area (Å²) in [5, 5.41) is 6.60. The van der Waals surface area contributed by atoms with E-state index in [0.29, 0.717) is 0 Å². The molecule has 1 heterocycles. The Kier molecular flexibility index (Phi) is 7.08. The summed E-state index contributed by atoms with van der Waals surface area (Å²) in [5.41, 5.74) is 11.0. The third-order valence-corrected chi connectivity index (χ3v) is 13.1. The van der Waals surface area contributed by atoms with Gasteiger partial charge in [0.2, 0.25) is 0 Å². The van der Waals surface area contributed by atoms with E-state index in [4.69, 9.17) is 0 Å². The molecular formula is C49H34NP. The lowest BCUT2D eigenvalue weighted by atomic mass is 9.67. The first kappa shape index (κ1) is 29.9. The van der Waals surface area contributed by atoms with E-state index in [1.165, 1.54) is 76.8 Å². The maximum atomic E-state index is 2.48. The van der Waals surface area contributed by atoms with E-state index in [9.17, 15) is 0 Å². The third-order valence-electron chi connectivity index (χ3n) is 10.7. The molecule has 8 aromatic carbocycles. The Balaban J connectivity index is 1.23. The quantitative estimate of drug-likeness (QED) is 0.156. The highest BCUT2D eigenvalue weighted by atomic mass is 31.1. The first-order chi connectivity index (χ1) is 25.3. The van der Waals surface area contributed by atoms with Crippen molar-refractivity contribution in [3.8, 4) is 16.8 Å². The molecule has 0 unspecified atom stereocenters. The van der Waals surface area contributed by atoms with Gasteiger partial charge in [0.25, 0.3) is 0 Å². The second-order valence-corrected chi connectivity index (χ2v) is 15.5. The van der Waals surface area contributed by atoms with Crippen molar-refractivity contribution in [2.45, 2.75) is 5.41 Å². The van der Waals surface area contributed by atoms with E-state index in [2.05, 4.69) is 211 Å². The van der Waals surface area contributed by atoms with Gasteiger partial charge >= 0.3 is 0 Å². The average Bonchev–Trinajstić information content (AvgIpc) is 3.70. The van der Waals surface area contributed by atoms with Crippen LogP contribution in [0.3, 0.4) is 0 Å². The first-order valence-electron chi connectivity index (χ1n) is 17.6. The lowest BCUT2D eigenvalue weighted by Gasteiger charge is -2.34. The molecule has 1 aromatic heterocycles. The molecule has 0 fully saturated rings. The molecule has 0 bridgehead atoms. The predicted octanol–water partition coefficient (Wildman–Crippen LogP) is 10.9. The van der Waals surface area contributed by atoms with Crippen LogP contribution in [0.2, 0.25) is 0 Å². The number of aromatic nitrogens is 1. The van der Waals surface area contributed by atoms with Crippen LogP contribution in [0.4, 0.5) is 0 Å². The van der Waals surface area contributed by atoms with Gasteiger partial charge in [0.05, 0.1) is 16.4 Å². The number of hydrogen-bond donors (Lipinski definition) is 0. The Hall–Kier alpha value is -6.01. The Bertz CT molecular complexity index is 2590. The number of rotatable bonds is 6. The number of hydrogen-bond acceptors (Lipinski definition) is 0. The minimum absolute atomic E-state index is 0.488. The Morgan fingerprint density at radius 2 is 0.824 bits per heavy atom. The minimum Gasteiger partial charge on any atom is -0.309 e. The highest BCUT2D eigenvalue weighted by molar-refractivity contribution is 7.79. The van der Waals surface area contributed by atoms with Gasteiger partial charge in [0.1, 0.15) is 0 Å². The van der Waals surface area contributed by atoms with E-state index in [1.54, 1.807) is 0 Å². The van der Waals surface area contributed by atoms with Crippen LogP contribution in [0.25, 0.3) is 38.6 Å². The number of nitrogens with zero attached hydrogens (tertiary/aromatic N) is 1. The molecule has 1 aliphatic carbocycles. The largest absolute Gasteiger partial charge is 0.309 e. The zero-order chi connectivity index (χ0) is 33.8. The van der Waals surface area contributed by atoms with Crippen LogP contribution in [0, 0.1) is 0 Å². The molecule has 10 rings (SSSR count). The zero-order valence-electron chi connectivity index (χ0n) is 28.0. The SMILES string of the molecule is c1ccc(-n2c3ccccc3c3cc(C4(c5ccc(P(c6ccccc6)c6ccccc6)cc5)c5ccccc5-c5ccccc54)ccc32)cc1. The van der Waals surface area contributed by atoms with E-state index < -0.39 is 13.3 Å². The summed E-state index contributed by atoms with van der Waals surface area (Å²) < 4.78 is 2.40. The second-order valence-electron chi connectivity index (χ2n) is 13.3. The van der Waals surface area contributed by atoms with Gasteiger partial charge in [0, 0.05) is 16.5 Å². The summed E-state index contributed by atoms with van der Waals surface area (Å²) in [7, 11) is -0.712. The fraction of sp³-hybridized carbons (Fsp3) is 0.0204. The van der Waals surface area contributed by atoms with Crippen LogP contribution >= 0.6 is 7.92 Å². The maximum Gasteiger partial charge on any atom is 0.0713 e. The topological polar surface area (TPSA) is 4.93 Å². The molecule has 0 N–H and O–H groups in total. The van der Waals surface area contributed by atoms with Gasteiger partial charge in [-0.1, -0.05) is 176 Å². The molecule has 2 heteroatoms. The fourth-order valence-electron chi connectivity index (χ4n) is 8.55. The lowest BCUT2D eigenvalue weighted by Crippen LogP contribution is -2.29. The van der Waals surface area contributed by atoms with Crippen molar-refractivity contribution in [1.29, 1.82) is 0 Å². The second kappa shape index (κ2) is 12.1. The fourth-order valence-corrected chi connectivity index (χ4v) is 10.8. The van der Waals surface area contributed by atoms with Gasteiger partial charge < -0.3 is 4.57 Å². The molecule has 1 nitrogen and oxygen atoms in total. The molecule has 1 aliphatic rings. The lowest BCUT2D eigenvalue weighted by molar-refractivity contribution is 0.770. The van der Waals surface area contributed by atoms with Crippen LogP contribution in [-0.4, -0.2) is 4.57 Å². The van der Waals surface area contributed by atoms with Gasteiger partial charge in [-0.2, -0.15) is 0 Å². The molecule has 240 valence electrons. The monoisotopic (exact) mass is 667 g/mol. The van der Waals surface area contributed by atoms with Crippen molar-refractivity contribution < 1.29 is 0 Å². The minimum atomic E-state index is -0.712. The van der Waals surface area contributed by atoms with E-state index in [1.807, 2.05) is 0 Å². The van der Waals surface area contributed by atoms with Crippen LogP contribution in [0.1, 0.15) is 22.3 Å². The van der Waals surface area contributed by atoms with Gasteiger partial charge in [0.15, 0.2) is 0 Å². The summed E-state index contributed by atoms with van der Waals surface area (Å²) >= 11 is 0. The Morgan fingerprint density at radius 1 is 0.353 bits per heavy atom. The number of benzene rings is 8. The molecule has 9 aromatic rings. The summed E-state index contributed by atoms with van der Waals surface area (Å²) in [4.78, 5) is 0. The van der Waals surface area contributed by atoms with E-state index in [-0.39, 0.29) is 0 Å². The van der Waals surface area contributed by atoms with Crippen molar-refractivity contribution in [2.24, 2.45) is 0 Å². The predicted molar refractivity (Wildman–Crippen MR) is 217 cm³/mol. The maximum absolute atomic E-state index is 2.48. The van der Waals surface area contributed by atoms with Crippen LogP contribution in [0.5, 0.6) is 0 Å². The number of para-hydroxylation sites is 2. The molecular weight excluding hydrogens is 634 g/mol. The molecule has 0 aliphatic heterocycles. The Morgan fingerprint density at radius 3 is 1.45 bits per heavy atom. The standard InChI is InChI=1S/C49H34NP/c1-4-16-37(17-5-1)50-47-27-15-12-24-43(47)44-34-36(30-33-48(44)50)49(45-25-13-10-22-41(45)42-23-11-14-26-46(42)49)35-28-31-40(32-29-35)51(38-18-6-2-7-19-38)39-20-8-3-9-21-39/h1-34H. The summed E-state index contributed by atoms with van der Waals surface area (Å²) in [6.07, 6.45) is 0. The van der Waals surface area contributed by atoms with Gasteiger partial charge in [-0.15, -0.1) is 0 Å². The van der Waals surface area contributed by atoms with Crippen LogP contribution in [0.15, 0.2) is 206 Å². The van der Waals surface area contributed by atoms with Crippen molar-refractivity contribution in [2.75, 3.05) is 0 Å². The molecule has 0 saturated heterocycles. The molecule has 0 saturated carbocycles. The first-order valence-corrected chi connectivity index (χ1v) is 19.0. The van der Waals surface area contributed by atoms with Crippen LogP contribution < -0.4 is 15.9 Å². The van der Waals surface area contributed by atoms with Crippen molar-refractivity contribution in [1.82, 2.24) is 4.57 Å². The van der Waals surface area contributed by atoms with Crippen molar-refractivity contribution in [3.63, 3.8) is 0 Å². The normalized spacial score (nSPS) is 13.0. The molecule has 0 spiro atoms. The molecule has 0 atom stereocenters. The summed E-state index contributed by atoms with van der Waals surface area (Å²) in [6.45, 7) is 0. The van der Waals surface area contributed by atoms with Gasteiger partial charge in [-0.25, -0.2) is 0 Å². The zero-order valence-corrected chi connectivity index (χ0v) is 28.9. The third kappa shape index (κ3) is 4.59.